The van der Waals surface area contributed by atoms with E-state index in [-0.39, 0.29) is 12.1 Å². The van der Waals surface area contributed by atoms with E-state index in [2.05, 4.69) is 20.1 Å². The molecule has 92 valence electrons. The van der Waals surface area contributed by atoms with Gasteiger partial charge < -0.3 is 20.0 Å². The monoisotopic (exact) mass is 237 g/mol. The van der Waals surface area contributed by atoms with Crippen molar-refractivity contribution >= 4 is 0 Å². The predicted octanol–water partition coefficient (Wildman–Crippen LogP) is 0.743. The highest BCUT2D eigenvalue weighted by Crippen LogP contribution is 2.16. The lowest BCUT2D eigenvalue weighted by Crippen LogP contribution is -2.14. The molecule has 2 rings (SSSR count). The number of hydrogen-bond donors (Lipinski definition) is 2. The second kappa shape index (κ2) is 5.07. The van der Waals surface area contributed by atoms with Crippen molar-refractivity contribution in [3.63, 3.8) is 0 Å². The summed E-state index contributed by atoms with van der Waals surface area (Å²) < 4.78 is 10.2. The van der Waals surface area contributed by atoms with Gasteiger partial charge in [-0.3, -0.25) is 0 Å². The van der Waals surface area contributed by atoms with Crippen molar-refractivity contribution in [1.29, 1.82) is 0 Å². The number of imidazole rings is 1. The van der Waals surface area contributed by atoms with Gasteiger partial charge in [0.15, 0.2) is 5.82 Å². The fourth-order valence-corrected chi connectivity index (χ4v) is 1.39. The average Bonchev–Trinajstić information content (AvgIpc) is 2.98. The summed E-state index contributed by atoms with van der Waals surface area (Å²) in [6, 6.07) is -0.347. The molecule has 0 aliphatic rings. The van der Waals surface area contributed by atoms with Crippen molar-refractivity contribution in [2.24, 2.45) is 5.73 Å². The minimum atomic E-state index is -0.347. The lowest BCUT2D eigenvalue weighted by molar-refractivity contribution is 0.109. The van der Waals surface area contributed by atoms with Gasteiger partial charge in [0.2, 0.25) is 5.89 Å². The lowest BCUT2D eigenvalue weighted by Gasteiger charge is -2.04. The first-order valence-corrected chi connectivity index (χ1v) is 5.30. The summed E-state index contributed by atoms with van der Waals surface area (Å²) in [5.74, 6) is 0.904. The van der Waals surface area contributed by atoms with Gasteiger partial charge in [-0.1, -0.05) is 5.16 Å². The second-order valence-electron chi connectivity index (χ2n) is 3.76. The van der Waals surface area contributed by atoms with Crippen molar-refractivity contribution in [2.75, 3.05) is 7.11 Å². The summed E-state index contributed by atoms with van der Waals surface area (Å²) in [5.41, 5.74) is 6.88. The third-order valence-corrected chi connectivity index (χ3v) is 2.49. The molecular weight excluding hydrogens is 222 g/mol. The summed E-state index contributed by atoms with van der Waals surface area (Å²) in [4.78, 5) is 11.1. The van der Waals surface area contributed by atoms with Crippen LogP contribution in [0.5, 0.6) is 0 Å². The minimum absolute atomic E-state index is 0.202. The summed E-state index contributed by atoms with van der Waals surface area (Å²) >= 11 is 0. The Kier molecular flexibility index (Phi) is 3.50. The molecule has 2 aromatic rings. The molecule has 0 amide bonds. The number of ether oxygens (including phenoxy) is 1. The fourth-order valence-electron chi connectivity index (χ4n) is 1.39. The first-order chi connectivity index (χ1) is 8.20. The van der Waals surface area contributed by atoms with Crippen LogP contribution in [0.2, 0.25) is 0 Å². The summed E-state index contributed by atoms with van der Waals surface area (Å²) in [7, 11) is 1.59. The Hall–Kier alpha value is -1.73. The molecule has 0 saturated heterocycles. The number of methoxy groups -OCH3 is 1. The molecule has 0 fully saturated rings. The largest absolute Gasteiger partial charge is 0.374 e. The van der Waals surface area contributed by atoms with E-state index in [0.717, 1.165) is 5.69 Å². The Bertz CT molecular complexity index is 453. The van der Waals surface area contributed by atoms with Crippen LogP contribution in [0.15, 0.2) is 17.0 Å². The Morgan fingerprint density at radius 2 is 2.41 bits per heavy atom. The van der Waals surface area contributed by atoms with Crippen LogP contribution in [0.1, 0.15) is 36.5 Å². The molecule has 2 aromatic heterocycles. The van der Waals surface area contributed by atoms with Crippen LogP contribution in [-0.4, -0.2) is 27.2 Å². The summed E-state index contributed by atoms with van der Waals surface area (Å²) in [5, 5.41) is 3.82. The predicted molar refractivity (Wildman–Crippen MR) is 58.9 cm³/mol. The van der Waals surface area contributed by atoms with Crippen LogP contribution in [-0.2, 0) is 11.2 Å². The molecule has 0 radical (unpaired) electrons. The summed E-state index contributed by atoms with van der Waals surface area (Å²) in [6.45, 7) is 1.84. The lowest BCUT2D eigenvalue weighted by atomic mass is 10.2. The topological polar surface area (TPSA) is 103 Å². The maximum absolute atomic E-state index is 5.96. The molecule has 0 aliphatic heterocycles. The molecule has 17 heavy (non-hydrogen) atoms. The molecule has 3 N–H and O–H groups in total. The van der Waals surface area contributed by atoms with Gasteiger partial charge in [0.25, 0.3) is 0 Å². The van der Waals surface area contributed by atoms with Crippen LogP contribution in [0.25, 0.3) is 0 Å². The van der Waals surface area contributed by atoms with Gasteiger partial charge >= 0.3 is 0 Å². The highest BCUT2D eigenvalue weighted by atomic mass is 16.5. The number of aromatic amines is 1. The van der Waals surface area contributed by atoms with Crippen molar-refractivity contribution in [2.45, 2.75) is 25.5 Å². The third-order valence-electron chi connectivity index (χ3n) is 2.49. The Balaban J connectivity index is 2.04. The number of nitrogens with zero attached hydrogens (tertiary/aromatic N) is 3. The number of nitrogens with two attached hydrogens (primary N) is 1. The molecule has 2 heterocycles. The van der Waals surface area contributed by atoms with Gasteiger partial charge in [0.1, 0.15) is 6.10 Å². The number of rotatable bonds is 5. The van der Waals surface area contributed by atoms with Gasteiger partial charge in [0, 0.05) is 25.4 Å². The van der Waals surface area contributed by atoms with Crippen LogP contribution in [0.3, 0.4) is 0 Å². The molecule has 0 aromatic carbocycles. The smallest absolute Gasteiger partial charge is 0.244 e. The molecule has 7 heteroatoms. The quantitative estimate of drug-likeness (QED) is 0.795. The third kappa shape index (κ3) is 2.69. The second-order valence-corrected chi connectivity index (χ2v) is 3.76. The van der Waals surface area contributed by atoms with E-state index in [0.29, 0.717) is 18.1 Å². The number of nitrogens with one attached hydrogen (secondary N) is 1. The number of aromatic nitrogens is 4. The molecule has 2 atom stereocenters. The normalized spacial score (nSPS) is 14.8. The van der Waals surface area contributed by atoms with E-state index in [1.54, 1.807) is 19.6 Å². The molecule has 0 aliphatic carbocycles. The van der Waals surface area contributed by atoms with E-state index in [1.807, 2.05) is 6.92 Å². The van der Waals surface area contributed by atoms with E-state index in [1.165, 1.54) is 0 Å². The first kappa shape index (κ1) is 11.7. The minimum Gasteiger partial charge on any atom is -0.374 e. The molecule has 0 spiro atoms. The van der Waals surface area contributed by atoms with Crippen LogP contribution < -0.4 is 5.73 Å². The number of hydrogen-bond acceptors (Lipinski definition) is 6. The molecular formula is C10H15N5O2. The van der Waals surface area contributed by atoms with E-state index >= 15 is 0 Å². The van der Waals surface area contributed by atoms with Crippen LogP contribution >= 0.6 is 0 Å². The van der Waals surface area contributed by atoms with Crippen molar-refractivity contribution in [3.8, 4) is 0 Å². The van der Waals surface area contributed by atoms with Gasteiger partial charge in [-0.25, -0.2) is 4.98 Å². The summed E-state index contributed by atoms with van der Waals surface area (Å²) in [6.07, 6.45) is 3.69. The van der Waals surface area contributed by atoms with E-state index < -0.39 is 0 Å². The fraction of sp³-hybridized carbons (Fsp3) is 0.500. The van der Waals surface area contributed by atoms with E-state index in [4.69, 9.17) is 15.0 Å². The zero-order valence-electron chi connectivity index (χ0n) is 9.75. The molecule has 7 nitrogen and oxygen atoms in total. The van der Waals surface area contributed by atoms with Crippen molar-refractivity contribution in [1.82, 2.24) is 20.1 Å². The highest BCUT2D eigenvalue weighted by Gasteiger charge is 2.18. The van der Waals surface area contributed by atoms with Crippen LogP contribution in [0, 0.1) is 0 Å². The SMILES string of the molecule is COC(C)c1noc([C@H](N)Cc2cnc[nH]2)n1. The average molecular weight is 237 g/mol. The standard InChI is InChI=1S/C10H15N5O2/c1-6(16-2)9-14-10(17-15-9)8(11)3-7-4-12-5-13-7/h4-6,8H,3,11H2,1-2H3,(H,12,13)/t6?,8-/m1/s1. The van der Waals surface area contributed by atoms with Crippen molar-refractivity contribution in [3.05, 3.63) is 29.9 Å². The van der Waals surface area contributed by atoms with E-state index in [9.17, 15) is 0 Å². The number of H-pyrrole nitrogens is 1. The maximum Gasteiger partial charge on any atom is 0.244 e. The Labute approximate surface area is 98.4 Å². The molecule has 0 saturated carbocycles. The van der Waals surface area contributed by atoms with Gasteiger partial charge in [-0.2, -0.15) is 4.98 Å². The van der Waals surface area contributed by atoms with Crippen LogP contribution in [0.4, 0.5) is 0 Å². The zero-order chi connectivity index (χ0) is 12.3. The maximum atomic E-state index is 5.96. The Morgan fingerprint density at radius 1 is 1.59 bits per heavy atom. The van der Waals surface area contributed by atoms with Gasteiger partial charge in [-0.05, 0) is 6.92 Å². The Morgan fingerprint density at radius 3 is 3.06 bits per heavy atom. The highest BCUT2D eigenvalue weighted by molar-refractivity contribution is 5.02. The first-order valence-electron chi connectivity index (χ1n) is 5.30. The molecule has 0 bridgehead atoms. The van der Waals surface area contributed by atoms with Crippen molar-refractivity contribution < 1.29 is 9.26 Å². The van der Waals surface area contributed by atoms with Gasteiger partial charge in [-0.15, -0.1) is 0 Å². The zero-order valence-corrected chi connectivity index (χ0v) is 9.75. The molecule has 1 unspecified atom stereocenters. The van der Waals surface area contributed by atoms with Gasteiger partial charge in [0.05, 0.1) is 12.4 Å².